The molecule has 2 aliphatic rings. The van der Waals surface area contributed by atoms with Crippen LogP contribution in [-0.4, -0.2) is 54.8 Å². The lowest BCUT2D eigenvalue weighted by Crippen LogP contribution is -1.87. The summed E-state index contributed by atoms with van der Waals surface area (Å²) >= 11 is 4.93. The van der Waals surface area contributed by atoms with Gasteiger partial charge >= 0.3 is 0 Å². The van der Waals surface area contributed by atoms with Crippen LogP contribution >= 0.6 is 35.3 Å². The molecular formula is C53H32N12OS3. The molecule has 0 unspecified atom stereocenters. The normalized spacial score (nSPS) is 11.7. The van der Waals surface area contributed by atoms with Crippen LogP contribution < -0.4 is 10.5 Å². The third kappa shape index (κ3) is 7.95. The monoisotopic (exact) mass is 948 g/mol. The molecule has 69 heavy (non-hydrogen) atoms. The lowest BCUT2D eigenvalue weighted by molar-refractivity contribution is 0.483. The third-order valence-electron chi connectivity index (χ3n) is 11.5. The maximum atomic E-state index is 6.36. The van der Waals surface area contributed by atoms with Crippen molar-refractivity contribution in [1.29, 1.82) is 0 Å². The predicted octanol–water partition coefficient (Wildman–Crippen LogP) is 12.9. The number of fused-ring (bicyclic) bond motifs is 20. The van der Waals surface area contributed by atoms with E-state index in [1.54, 1.807) is 72.5 Å². The molecule has 11 aromatic rings. The van der Waals surface area contributed by atoms with E-state index >= 15 is 0 Å². The van der Waals surface area contributed by atoms with Crippen LogP contribution in [0.15, 0.2) is 200 Å². The van der Waals surface area contributed by atoms with Crippen molar-refractivity contribution in [1.82, 2.24) is 54.8 Å². The van der Waals surface area contributed by atoms with E-state index in [4.69, 9.17) is 40.4 Å². The number of benzene rings is 5. The van der Waals surface area contributed by atoms with Crippen LogP contribution in [0.2, 0.25) is 0 Å². The van der Waals surface area contributed by atoms with Crippen LogP contribution in [-0.2, 0) is 0 Å². The highest BCUT2D eigenvalue weighted by Crippen LogP contribution is 2.42. The Bertz CT molecular complexity index is 3940. The zero-order valence-corrected chi connectivity index (χ0v) is 38.4. The van der Waals surface area contributed by atoms with Crippen molar-refractivity contribution in [3.8, 4) is 57.1 Å². The van der Waals surface area contributed by atoms with Crippen LogP contribution in [0.1, 0.15) is 0 Å². The molecule has 8 heterocycles. The smallest absolute Gasteiger partial charge is 0.164 e. The van der Waals surface area contributed by atoms with Gasteiger partial charge in [-0.05, 0) is 133 Å². The number of aromatic amines is 2. The second kappa shape index (κ2) is 17.0. The fraction of sp³-hybridized carbons (Fsp3) is 0. The van der Waals surface area contributed by atoms with Gasteiger partial charge in [0, 0.05) is 116 Å². The SMILES string of the molecule is Nc1ccc(Oc2ccc3c4nc5nc(nc6[nH]c(nc7nc(nc([nH]4)c3c2)-c2ccc(Sc3ccncc3)cc2-7)c2ccc(Sc3ccncc3)cc62)-c2ccc(Sc3ccncc3)cc2-5)cc1. The van der Waals surface area contributed by atoms with E-state index in [2.05, 4.69) is 79.5 Å². The molecule has 328 valence electrons. The van der Waals surface area contributed by atoms with Crippen molar-refractivity contribution >= 4 is 85.1 Å². The van der Waals surface area contributed by atoms with Crippen LogP contribution in [0.5, 0.6) is 11.5 Å². The van der Waals surface area contributed by atoms with Crippen molar-refractivity contribution in [2.24, 2.45) is 0 Å². The second-order valence-corrected chi connectivity index (χ2v) is 19.4. The van der Waals surface area contributed by atoms with Gasteiger partial charge < -0.3 is 20.4 Å². The van der Waals surface area contributed by atoms with Crippen molar-refractivity contribution in [3.63, 3.8) is 0 Å². The minimum Gasteiger partial charge on any atom is -0.457 e. The Morgan fingerprint density at radius 1 is 0.333 bits per heavy atom. The van der Waals surface area contributed by atoms with Gasteiger partial charge in [-0.2, -0.15) is 0 Å². The zero-order chi connectivity index (χ0) is 45.8. The van der Waals surface area contributed by atoms with E-state index in [0.29, 0.717) is 63.1 Å². The molecule has 0 atom stereocenters. The van der Waals surface area contributed by atoms with Gasteiger partial charge in [-0.1, -0.05) is 35.3 Å². The first kappa shape index (κ1) is 40.8. The standard InChI is InChI=1S/C53H32N12OS3/c54-29-1-3-30(4-2-29)66-31-5-9-38-42(25-31)50-58-46(38)60-51-44-27-36(68-33-15-21-56-22-16-33)7-11-40(44)48(62-51)64-53-45-28-37(69-34-17-23-57-24-18-34)8-12-41(45)49(65-53)63-52-43-26-35(67-32-13-19-55-20-14-32)6-10-39(43)47(59-50)61-52/h1-28H,54H2,(H2,58,59,60,61,62,63,64,65). The van der Waals surface area contributed by atoms with Gasteiger partial charge in [-0.25, -0.2) is 29.9 Å². The fourth-order valence-electron chi connectivity index (χ4n) is 8.26. The summed E-state index contributed by atoms with van der Waals surface area (Å²) in [5.74, 6) is 3.26. The Morgan fingerprint density at radius 3 is 1.22 bits per heavy atom. The van der Waals surface area contributed by atoms with Crippen molar-refractivity contribution in [3.05, 3.63) is 171 Å². The maximum Gasteiger partial charge on any atom is 0.164 e. The molecule has 13 nitrogen and oxygen atoms in total. The van der Waals surface area contributed by atoms with Gasteiger partial charge in [0.05, 0.1) is 0 Å². The first-order chi connectivity index (χ1) is 34.0. The molecular weight excluding hydrogens is 917 g/mol. The van der Waals surface area contributed by atoms with Crippen LogP contribution in [0.25, 0.3) is 89.7 Å². The van der Waals surface area contributed by atoms with E-state index in [9.17, 15) is 0 Å². The van der Waals surface area contributed by atoms with E-state index in [0.717, 1.165) is 73.2 Å². The minimum absolute atomic E-state index is 0.490. The lowest BCUT2D eigenvalue weighted by Gasteiger charge is -2.06. The Kier molecular flexibility index (Phi) is 10.1. The molecule has 2 aliphatic heterocycles. The Balaban J connectivity index is 1.08. The number of H-pyrrole nitrogens is 2. The zero-order valence-electron chi connectivity index (χ0n) is 35.9. The lowest BCUT2D eigenvalue weighted by atomic mass is 10.1. The second-order valence-electron chi connectivity index (χ2n) is 16.0. The van der Waals surface area contributed by atoms with E-state index in [1.165, 1.54) is 0 Å². The average Bonchev–Trinajstić information content (AvgIpc) is 4.10. The van der Waals surface area contributed by atoms with Crippen LogP contribution in [0, 0.1) is 0 Å². The number of nitrogens with two attached hydrogens (primary N) is 1. The number of pyridine rings is 3. The molecule has 0 saturated carbocycles. The summed E-state index contributed by atoms with van der Waals surface area (Å²) in [5, 5.41) is 3.34. The molecule has 13 rings (SSSR count). The first-order valence-electron chi connectivity index (χ1n) is 21.7. The highest BCUT2D eigenvalue weighted by molar-refractivity contribution is 7.99. The van der Waals surface area contributed by atoms with Gasteiger partial charge in [-0.3, -0.25) is 15.0 Å². The summed E-state index contributed by atoms with van der Waals surface area (Å²) in [5.41, 5.74) is 12.3. The molecule has 8 bridgehead atoms. The number of hydrogen-bond donors (Lipinski definition) is 3. The van der Waals surface area contributed by atoms with E-state index < -0.39 is 0 Å². The summed E-state index contributed by atoms with van der Waals surface area (Å²) in [7, 11) is 0. The third-order valence-corrected chi connectivity index (χ3v) is 14.5. The number of rotatable bonds is 8. The summed E-state index contributed by atoms with van der Waals surface area (Å²) in [6.07, 6.45) is 10.8. The first-order valence-corrected chi connectivity index (χ1v) is 24.1. The summed E-state index contributed by atoms with van der Waals surface area (Å²) in [4.78, 5) is 57.7. The largest absolute Gasteiger partial charge is 0.457 e. The van der Waals surface area contributed by atoms with E-state index in [1.807, 2.05) is 78.9 Å². The number of hydrogen-bond acceptors (Lipinski definition) is 14. The molecule has 0 fully saturated rings. The van der Waals surface area contributed by atoms with Gasteiger partial charge in [0.25, 0.3) is 0 Å². The molecule has 0 aliphatic carbocycles. The summed E-state index contributed by atoms with van der Waals surface area (Å²) < 4.78 is 6.36. The predicted molar refractivity (Wildman–Crippen MR) is 272 cm³/mol. The molecule has 0 amide bonds. The minimum atomic E-state index is 0.490. The van der Waals surface area contributed by atoms with E-state index in [-0.39, 0.29) is 0 Å². The fourth-order valence-corrected chi connectivity index (χ4v) is 10.8. The number of nitrogens with zero attached hydrogens (tertiary/aromatic N) is 9. The van der Waals surface area contributed by atoms with Crippen LogP contribution in [0.3, 0.4) is 0 Å². The van der Waals surface area contributed by atoms with Gasteiger partial charge in [-0.15, -0.1) is 0 Å². The van der Waals surface area contributed by atoms with Crippen molar-refractivity contribution < 1.29 is 4.74 Å². The molecule has 0 radical (unpaired) electrons. The molecule has 0 saturated heterocycles. The van der Waals surface area contributed by atoms with Gasteiger partial charge in [0.1, 0.15) is 34.1 Å². The Hall–Kier alpha value is -8.44. The number of aromatic nitrogens is 11. The van der Waals surface area contributed by atoms with Crippen molar-refractivity contribution in [2.45, 2.75) is 29.4 Å². The van der Waals surface area contributed by atoms with Gasteiger partial charge in [0.2, 0.25) is 0 Å². The topological polar surface area (TPSA) is 183 Å². The Labute approximate surface area is 405 Å². The molecule has 4 N–H and O–H groups in total. The highest BCUT2D eigenvalue weighted by Gasteiger charge is 2.24. The summed E-state index contributed by atoms with van der Waals surface area (Å²) in [6.45, 7) is 0. The van der Waals surface area contributed by atoms with Crippen LogP contribution in [0.4, 0.5) is 5.69 Å². The molecule has 5 aromatic carbocycles. The van der Waals surface area contributed by atoms with Crippen molar-refractivity contribution in [2.75, 3.05) is 5.73 Å². The number of ether oxygens (including phenoxy) is 1. The molecule has 6 aromatic heterocycles. The molecule has 16 heteroatoms. The molecule has 0 spiro atoms. The quantitative estimate of drug-likeness (QED) is 0.122. The highest BCUT2D eigenvalue weighted by atomic mass is 32.2. The maximum absolute atomic E-state index is 6.36. The average molecular weight is 949 g/mol. The number of nitrogen functional groups attached to an aromatic ring is 1. The Morgan fingerprint density at radius 2 is 0.725 bits per heavy atom. The van der Waals surface area contributed by atoms with Gasteiger partial charge in [0.15, 0.2) is 23.3 Å². The number of nitrogens with one attached hydrogen (secondary N) is 2. The number of anilines is 1. The summed E-state index contributed by atoms with van der Waals surface area (Å²) in [6, 6.07) is 44.0.